The van der Waals surface area contributed by atoms with E-state index in [1.165, 1.54) is 4.31 Å². The van der Waals surface area contributed by atoms with Crippen LogP contribution in [-0.2, 0) is 14.4 Å². The molecule has 0 aromatic heterocycles. The number of benzene rings is 2. The van der Waals surface area contributed by atoms with Crippen molar-refractivity contribution in [3.8, 4) is 0 Å². The summed E-state index contributed by atoms with van der Waals surface area (Å²) in [6.45, 7) is 13.3. The molecule has 1 atom stereocenters. The molecule has 0 fully saturated rings. The number of hydrogen-bond acceptors (Lipinski definition) is 3. The van der Waals surface area contributed by atoms with Crippen LogP contribution in [0.25, 0.3) is 0 Å². The Morgan fingerprint density at radius 2 is 1.65 bits per heavy atom. The first kappa shape index (κ1) is 25.3. The molecule has 0 saturated heterocycles. The fourth-order valence-corrected chi connectivity index (χ4v) is 4.96. The molecule has 2 aromatic carbocycles. The minimum Gasteiger partial charge on any atom is -0.406 e. The smallest absolute Gasteiger partial charge is 0.243 e. The molecule has 0 aliphatic heterocycles. The molecule has 168 valence electrons. The second-order valence-corrected chi connectivity index (χ2v) is 16.1. The first-order chi connectivity index (χ1) is 14.3. The summed E-state index contributed by atoms with van der Waals surface area (Å²) in [5.41, 5.74) is 5.25. The maximum Gasteiger partial charge on any atom is 0.243 e. The highest BCUT2D eigenvalue weighted by atomic mass is 32.2. The number of aryl methyl sites for hydroxylation is 1. The molecular formula is C25H35NO3SSi. The van der Waals surface area contributed by atoms with Gasteiger partial charge in [-0.15, -0.1) is 5.73 Å². The average Bonchev–Trinajstić information content (AvgIpc) is 2.70. The van der Waals surface area contributed by atoms with E-state index in [2.05, 4.69) is 39.6 Å². The summed E-state index contributed by atoms with van der Waals surface area (Å²) in [5.74, 6) is 0. The minimum atomic E-state index is -3.53. The van der Waals surface area contributed by atoms with Gasteiger partial charge in [0.25, 0.3) is 0 Å². The average molecular weight is 458 g/mol. The lowest BCUT2D eigenvalue weighted by Crippen LogP contribution is -2.41. The van der Waals surface area contributed by atoms with Crippen molar-refractivity contribution in [2.75, 3.05) is 13.6 Å². The van der Waals surface area contributed by atoms with Gasteiger partial charge < -0.3 is 4.43 Å². The molecule has 4 nitrogen and oxygen atoms in total. The molecule has 0 aliphatic rings. The van der Waals surface area contributed by atoms with Crippen LogP contribution in [0.5, 0.6) is 0 Å². The lowest BCUT2D eigenvalue weighted by atomic mass is 10.1. The van der Waals surface area contributed by atoms with Crippen LogP contribution in [0, 0.1) is 6.92 Å². The highest BCUT2D eigenvalue weighted by molar-refractivity contribution is 7.89. The molecule has 0 N–H and O–H groups in total. The molecule has 0 unspecified atom stereocenters. The van der Waals surface area contributed by atoms with Crippen LogP contribution in [0.15, 0.2) is 77.4 Å². The molecule has 6 heteroatoms. The SMILES string of the molecule is Cc1ccc(S(=O)(=O)N(C)CC=C=C[C@@H](O[Si](C)(C)C(C)(C)C)c2ccccc2)cc1. The number of likely N-dealkylation sites (N-methyl/N-ethyl adjacent to an activating group) is 1. The highest BCUT2D eigenvalue weighted by Gasteiger charge is 2.39. The summed E-state index contributed by atoms with van der Waals surface area (Å²) in [7, 11) is -3.96. The van der Waals surface area contributed by atoms with E-state index in [4.69, 9.17) is 4.43 Å². The predicted octanol–water partition coefficient (Wildman–Crippen LogP) is 6.09. The fourth-order valence-electron chi connectivity index (χ4n) is 2.66. The van der Waals surface area contributed by atoms with Crippen molar-refractivity contribution >= 4 is 18.3 Å². The normalized spacial score (nSPS) is 13.5. The van der Waals surface area contributed by atoms with E-state index in [-0.39, 0.29) is 17.7 Å². The lowest BCUT2D eigenvalue weighted by molar-refractivity contribution is 0.229. The molecule has 0 radical (unpaired) electrons. The molecule has 2 aromatic rings. The van der Waals surface area contributed by atoms with Gasteiger partial charge >= 0.3 is 0 Å². The summed E-state index contributed by atoms with van der Waals surface area (Å²) < 4.78 is 33.4. The highest BCUT2D eigenvalue weighted by Crippen LogP contribution is 2.40. The first-order valence-electron chi connectivity index (χ1n) is 10.5. The Morgan fingerprint density at radius 3 is 2.19 bits per heavy atom. The summed E-state index contributed by atoms with van der Waals surface area (Å²) in [6, 6.07) is 17.0. The largest absolute Gasteiger partial charge is 0.406 e. The van der Waals surface area contributed by atoms with Crippen molar-refractivity contribution in [3.63, 3.8) is 0 Å². The van der Waals surface area contributed by atoms with Gasteiger partial charge in [-0.2, -0.15) is 4.31 Å². The van der Waals surface area contributed by atoms with Crippen LogP contribution in [0.4, 0.5) is 0 Å². The molecule has 0 spiro atoms. The van der Waals surface area contributed by atoms with Crippen molar-refractivity contribution in [2.24, 2.45) is 0 Å². The third-order valence-corrected chi connectivity index (χ3v) is 12.1. The summed E-state index contributed by atoms with van der Waals surface area (Å²) >= 11 is 0. The topological polar surface area (TPSA) is 46.6 Å². The molecule has 2 rings (SSSR count). The van der Waals surface area contributed by atoms with Gasteiger partial charge in [-0.3, -0.25) is 0 Å². The zero-order valence-corrected chi connectivity index (χ0v) is 21.5. The van der Waals surface area contributed by atoms with E-state index < -0.39 is 18.3 Å². The van der Waals surface area contributed by atoms with Crippen LogP contribution in [-0.4, -0.2) is 34.6 Å². The van der Waals surface area contributed by atoms with Crippen molar-refractivity contribution in [1.82, 2.24) is 4.31 Å². The van der Waals surface area contributed by atoms with Crippen molar-refractivity contribution in [2.45, 2.75) is 56.8 Å². The monoisotopic (exact) mass is 457 g/mol. The predicted molar refractivity (Wildman–Crippen MR) is 131 cm³/mol. The van der Waals surface area contributed by atoms with E-state index in [1.807, 2.05) is 43.3 Å². The van der Waals surface area contributed by atoms with Crippen molar-refractivity contribution < 1.29 is 12.8 Å². The van der Waals surface area contributed by atoms with Crippen molar-refractivity contribution in [3.05, 3.63) is 83.6 Å². The maximum absolute atomic E-state index is 12.7. The Morgan fingerprint density at radius 1 is 1.06 bits per heavy atom. The minimum absolute atomic E-state index is 0.0833. The van der Waals surface area contributed by atoms with Gasteiger partial charge in [0.1, 0.15) is 0 Å². The second kappa shape index (κ2) is 10.1. The third-order valence-electron chi connectivity index (χ3n) is 5.80. The zero-order chi connectivity index (χ0) is 23.3. The van der Waals surface area contributed by atoms with Crippen LogP contribution in [0.1, 0.15) is 38.0 Å². The Balaban J connectivity index is 2.20. The van der Waals surface area contributed by atoms with Gasteiger partial charge in [-0.25, -0.2) is 8.42 Å². The van der Waals surface area contributed by atoms with Crippen LogP contribution in [0.3, 0.4) is 0 Å². The van der Waals surface area contributed by atoms with Crippen LogP contribution >= 0.6 is 0 Å². The summed E-state index contributed by atoms with van der Waals surface area (Å²) in [4.78, 5) is 0.293. The van der Waals surface area contributed by atoms with E-state index in [0.29, 0.717) is 4.90 Å². The fraction of sp³-hybridized carbons (Fsp3) is 0.400. The molecule has 0 bridgehead atoms. The molecule has 0 saturated carbocycles. The third kappa shape index (κ3) is 6.76. The quantitative estimate of drug-likeness (QED) is 0.356. The van der Waals surface area contributed by atoms with Gasteiger partial charge in [-0.1, -0.05) is 68.8 Å². The Bertz CT molecular complexity index is 1020. The number of hydrogen-bond donors (Lipinski definition) is 0. The van der Waals surface area contributed by atoms with E-state index in [9.17, 15) is 8.42 Å². The van der Waals surface area contributed by atoms with Gasteiger partial charge in [0.15, 0.2) is 8.32 Å². The van der Waals surface area contributed by atoms with E-state index in [0.717, 1.165) is 11.1 Å². The standard InChI is InChI=1S/C25H35NO3SSi/c1-21-16-18-23(19-17-21)30(27,28)26(5)20-12-11-15-24(22-13-9-8-10-14-22)29-31(6,7)25(2,3)4/h8-10,12-19,24H,20H2,1-7H3/t11?,24-/m1/s1. The summed E-state index contributed by atoms with van der Waals surface area (Å²) in [5, 5.41) is 0.0833. The Kier molecular flexibility index (Phi) is 8.25. The maximum atomic E-state index is 12.7. The lowest BCUT2D eigenvalue weighted by Gasteiger charge is -2.38. The van der Waals surface area contributed by atoms with Gasteiger partial charge in [0.2, 0.25) is 10.0 Å². The number of nitrogens with zero attached hydrogens (tertiary/aromatic N) is 1. The van der Waals surface area contributed by atoms with Gasteiger partial charge in [-0.05, 0) is 54.9 Å². The van der Waals surface area contributed by atoms with Crippen LogP contribution in [0.2, 0.25) is 18.1 Å². The van der Waals surface area contributed by atoms with E-state index >= 15 is 0 Å². The first-order valence-corrected chi connectivity index (χ1v) is 14.9. The zero-order valence-electron chi connectivity index (χ0n) is 19.7. The number of sulfonamides is 1. The van der Waals surface area contributed by atoms with Crippen LogP contribution < -0.4 is 0 Å². The molecule has 0 heterocycles. The van der Waals surface area contributed by atoms with E-state index in [1.54, 1.807) is 37.4 Å². The van der Waals surface area contributed by atoms with Gasteiger partial charge in [0.05, 0.1) is 11.0 Å². The second-order valence-electron chi connectivity index (χ2n) is 9.35. The van der Waals surface area contributed by atoms with Gasteiger partial charge in [0, 0.05) is 13.6 Å². The molecule has 0 amide bonds. The van der Waals surface area contributed by atoms with Crippen molar-refractivity contribution in [1.29, 1.82) is 0 Å². The Hall–Kier alpha value is -1.95. The Labute approximate surface area is 189 Å². The summed E-state index contributed by atoms with van der Waals surface area (Å²) in [6.07, 6.45) is 3.40. The number of rotatable bonds is 8. The molecular weight excluding hydrogens is 422 g/mol. The molecule has 0 aliphatic carbocycles. The molecule has 31 heavy (non-hydrogen) atoms.